The van der Waals surface area contributed by atoms with Crippen LogP contribution in [0.5, 0.6) is 5.75 Å². The van der Waals surface area contributed by atoms with Gasteiger partial charge in [0.25, 0.3) is 0 Å². The van der Waals surface area contributed by atoms with Crippen molar-refractivity contribution < 1.29 is 9.90 Å². The van der Waals surface area contributed by atoms with Crippen molar-refractivity contribution in [2.75, 3.05) is 0 Å². The number of hydrogen-bond donors (Lipinski definition) is 1. The average molecular weight is 466 g/mol. The molecule has 3 rings (SSSR count). The first-order valence-corrected chi connectivity index (χ1v) is 12.1. The van der Waals surface area contributed by atoms with E-state index in [2.05, 4.69) is 6.07 Å². The van der Waals surface area contributed by atoms with Crippen molar-refractivity contribution in [1.82, 2.24) is 0 Å². The van der Waals surface area contributed by atoms with Crippen molar-refractivity contribution >= 4 is 80.3 Å². The van der Waals surface area contributed by atoms with Gasteiger partial charge in [-0.3, -0.25) is 0 Å². The molecule has 0 radical (unpaired) electrons. The summed E-state index contributed by atoms with van der Waals surface area (Å²) in [5.41, 5.74) is 0. The summed E-state index contributed by atoms with van der Waals surface area (Å²) in [7, 11) is 0. The maximum atomic E-state index is 11.3. The van der Waals surface area contributed by atoms with Crippen molar-refractivity contribution in [2.24, 2.45) is 0 Å². The zero-order chi connectivity index (χ0) is 11.1. The second kappa shape index (κ2) is 4.69. The zero-order valence-electron chi connectivity index (χ0n) is 8.01. The van der Waals surface area contributed by atoms with Gasteiger partial charge in [-0.05, 0) is 0 Å². The van der Waals surface area contributed by atoms with E-state index in [1.807, 2.05) is 6.07 Å². The van der Waals surface area contributed by atoms with Crippen molar-refractivity contribution in [2.45, 2.75) is 5.32 Å². The molecule has 80 valence electrons. The van der Waals surface area contributed by atoms with Crippen molar-refractivity contribution in [3.63, 3.8) is 0 Å². The van der Waals surface area contributed by atoms with Gasteiger partial charge in [0.1, 0.15) is 0 Å². The van der Waals surface area contributed by atoms with Gasteiger partial charge in [-0.15, -0.1) is 0 Å². The molecule has 0 atom stereocenters. The van der Waals surface area contributed by atoms with Crippen LogP contribution in [0.2, 0.25) is 5.32 Å². The van der Waals surface area contributed by atoms with Gasteiger partial charge >= 0.3 is 119 Å². The van der Waals surface area contributed by atoms with Crippen LogP contribution in [-0.4, -0.2) is 76.6 Å². The topological polar surface area (TPSA) is 37.3 Å². The van der Waals surface area contributed by atoms with Gasteiger partial charge in [0.05, 0.1) is 0 Å². The molecule has 1 N–H and O–H groups in total. The number of benzene rings is 1. The van der Waals surface area contributed by atoms with Crippen LogP contribution >= 0.6 is 0 Å². The Morgan fingerprint density at radius 2 is 2.12 bits per heavy atom. The summed E-state index contributed by atoms with van der Waals surface area (Å²) in [5, 5.41) is 10.3. The summed E-state index contributed by atoms with van der Waals surface area (Å²) in [6, 6.07) is 5.77. The first-order valence-electron chi connectivity index (χ1n) is 4.56. The Bertz CT molecular complexity index is 552. The van der Waals surface area contributed by atoms with Crippen LogP contribution in [-0.2, 0) is 4.79 Å². The predicted molar refractivity (Wildman–Crippen MR) is 70.2 cm³/mol. The molecule has 6 heteroatoms. The zero-order valence-corrected chi connectivity index (χ0v) is 15.2. The first-order chi connectivity index (χ1) is 7.72. The molecular formula is C10H6As2O2Se2. The fourth-order valence-corrected chi connectivity index (χ4v) is 17.9. The number of phenolic OH excluding ortho intramolecular Hbond substituents is 1. The SMILES string of the molecule is O=C1C[Se]C(C2=[As]c3ccc(O)cc3[Se]2)=[As]1. The Kier molecular flexibility index (Phi) is 3.42. The maximum absolute atomic E-state index is 11.3. The molecule has 2 aliphatic heterocycles. The quantitative estimate of drug-likeness (QED) is 0.473. The van der Waals surface area contributed by atoms with Crippen LogP contribution < -0.4 is 8.81 Å². The molecule has 1 aromatic rings. The average Bonchev–Trinajstić information content (AvgIpc) is 2.83. The minimum absolute atomic E-state index is 0.119. The fraction of sp³-hybridized carbons (Fsp3) is 0.100. The number of rotatable bonds is 1. The fourth-order valence-electron chi connectivity index (χ4n) is 1.42. The molecule has 0 aliphatic carbocycles. The predicted octanol–water partition coefficient (Wildman–Crippen LogP) is -2.31. The van der Waals surface area contributed by atoms with Gasteiger partial charge in [0.2, 0.25) is 0 Å². The Morgan fingerprint density at radius 1 is 1.25 bits per heavy atom. The molecule has 1 aromatic carbocycles. The van der Waals surface area contributed by atoms with Crippen molar-refractivity contribution in [1.29, 1.82) is 0 Å². The van der Waals surface area contributed by atoms with Crippen LogP contribution in [0.25, 0.3) is 0 Å². The molecular weight excluding hydrogens is 460 g/mol. The number of phenols is 1. The Morgan fingerprint density at radius 3 is 2.88 bits per heavy atom. The van der Waals surface area contributed by atoms with Gasteiger partial charge in [-0.1, -0.05) is 0 Å². The van der Waals surface area contributed by atoms with E-state index in [9.17, 15) is 9.90 Å². The summed E-state index contributed by atoms with van der Waals surface area (Å²) in [6.45, 7) is 0. The molecule has 2 nitrogen and oxygen atoms in total. The third-order valence-electron chi connectivity index (χ3n) is 2.11. The number of aromatic hydroxyl groups is 1. The number of fused-ring (bicyclic) bond motifs is 1. The molecule has 2 aliphatic rings. The van der Waals surface area contributed by atoms with Crippen LogP contribution in [0.3, 0.4) is 0 Å². The number of hydrogen-bond acceptors (Lipinski definition) is 2. The van der Waals surface area contributed by atoms with E-state index in [0.29, 0.717) is 40.2 Å². The van der Waals surface area contributed by atoms with Gasteiger partial charge in [-0.2, -0.15) is 0 Å². The molecule has 0 spiro atoms. The summed E-state index contributed by atoms with van der Waals surface area (Å²) < 4.78 is 6.54. The number of carbonyl (C=O) groups excluding carboxylic acids is 1. The summed E-state index contributed by atoms with van der Waals surface area (Å²) >= 11 is 0.918. The van der Waals surface area contributed by atoms with Gasteiger partial charge < -0.3 is 0 Å². The van der Waals surface area contributed by atoms with E-state index in [1.165, 1.54) is 8.81 Å². The third-order valence-corrected chi connectivity index (χ3v) is 19.1. The number of carbonyl (C=O) groups is 1. The molecule has 0 saturated heterocycles. The molecule has 0 fully saturated rings. The van der Waals surface area contributed by atoms with Crippen LogP contribution in [0.4, 0.5) is 0 Å². The Labute approximate surface area is 118 Å². The Hall–Kier alpha value is 0.586. The van der Waals surface area contributed by atoms with Crippen molar-refractivity contribution in [3.8, 4) is 5.75 Å². The van der Waals surface area contributed by atoms with Crippen molar-refractivity contribution in [3.05, 3.63) is 18.2 Å². The third kappa shape index (κ3) is 2.25. The van der Waals surface area contributed by atoms with Gasteiger partial charge in [0.15, 0.2) is 0 Å². The summed E-state index contributed by atoms with van der Waals surface area (Å²) in [4.78, 5) is 11.3. The van der Waals surface area contributed by atoms with Crippen LogP contribution in [0.1, 0.15) is 0 Å². The monoisotopic (exact) mass is 468 g/mol. The van der Waals surface area contributed by atoms with Gasteiger partial charge in [0, 0.05) is 0 Å². The molecule has 0 aromatic heterocycles. The minimum atomic E-state index is -0.119. The molecule has 0 bridgehead atoms. The van der Waals surface area contributed by atoms with E-state index in [4.69, 9.17) is 0 Å². The van der Waals surface area contributed by atoms with Crippen LogP contribution in [0.15, 0.2) is 18.2 Å². The van der Waals surface area contributed by atoms with Gasteiger partial charge in [-0.25, -0.2) is 0 Å². The van der Waals surface area contributed by atoms with E-state index < -0.39 is 0 Å². The van der Waals surface area contributed by atoms with E-state index >= 15 is 0 Å². The molecule has 0 saturated carbocycles. The second-order valence-corrected chi connectivity index (χ2v) is 15.4. The molecule has 16 heavy (non-hydrogen) atoms. The normalized spacial score (nSPS) is 20.4. The summed E-state index contributed by atoms with van der Waals surface area (Å²) in [6.07, 6.45) is 0. The molecule has 0 unspecified atom stereocenters. The van der Waals surface area contributed by atoms with E-state index in [1.54, 1.807) is 12.5 Å². The van der Waals surface area contributed by atoms with E-state index in [-0.39, 0.29) is 30.6 Å². The molecule has 2 heterocycles. The molecule has 0 amide bonds. The van der Waals surface area contributed by atoms with E-state index in [0.717, 1.165) is 5.32 Å². The standard InChI is InChI=1S/C10H6As2O2Se2/c13-5-1-2-6-7(3-5)16-10(11-6)9-12-8(14)4-15-9/h1-3,13H,4H2. The summed E-state index contributed by atoms with van der Waals surface area (Å²) in [5.74, 6) is 0.384. The Balaban J connectivity index is 1.94. The first kappa shape index (κ1) is 11.7. The van der Waals surface area contributed by atoms with Crippen LogP contribution in [0, 0.1) is 0 Å². The second-order valence-electron chi connectivity index (χ2n) is 3.27.